The zero-order chi connectivity index (χ0) is 18.3. The van der Waals surface area contributed by atoms with Crippen molar-refractivity contribution in [1.29, 1.82) is 0 Å². The van der Waals surface area contributed by atoms with Crippen molar-refractivity contribution in [2.24, 2.45) is 0 Å². The van der Waals surface area contributed by atoms with Gasteiger partial charge in [-0.2, -0.15) is 0 Å². The molecule has 134 valence electrons. The summed E-state index contributed by atoms with van der Waals surface area (Å²) < 4.78 is 12.5. The molecule has 3 aromatic rings. The minimum atomic E-state index is 0.00457. The lowest BCUT2D eigenvalue weighted by molar-refractivity contribution is 0.174. The summed E-state index contributed by atoms with van der Waals surface area (Å²) in [5.74, 6) is 2.22. The van der Waals surface area contributed by atoms with Crippen LogP contribution in [0.4, 0.5) is 0 Å². The molecule has 26 heavy (non-hydrogen) atoms. The summed E-state index contributed by atoms with van der Waals surface area (Å²) in [5.41, 5.74) is 2.12. The molecule has 0 bridgehead atoms. The Morgan fingerprint density at radius 2 is 2.15 bits per heavy atom. The molecule has 0 fully saturated rings. The third kappa shape index (κ3) is 2.91. The van der Waals surface area contributed by atoms with E-state index in [-0.39, 0.29) is 12.4 Å². The highest BCUT2D eigenvalue weighted by Crippen LogP contribution is 2.34. The Morgan fingerprint density at radius 3 is 2.96 bits per heavy atom. The third-order valence-electron chi connectivity index (χ3n) is 4.37. The van der Waals surface area contributed by atoms with Crippen LogP contribution in [0.1, 0.15) is 16.0 Å². The number of hydrogen-bond donors (Lipinski definition) is 0. The lowest BCUT2D eigenvalue weighted by Gasteiger charge is -2.10. The zero-order valence-corrected chi connectivity index (χ0v) is 16.2. The Bertz CT molecular complexity index is 1070. The van der Waals surface area contributed by atoms with Gasteiger partial charge in [-0.05, 0) is 37.1 Å². The van der Waals surface area contributed by atoms with E-state index in [2.05, 4.69) is 6.58 Å². The van der Waals surface area contributed by atoms with Gasteiger partial charge in [-0.15, -0.1) is 17.9 Å². The topological polar surface area (TPSA) is 53.4 Å². The first-order chi connectivity index (χ1) is 12.6. The van der Waals surface area contributed by atoms with E-state index in [4.69, 9.17) is 14.5 Å². The average molecular weight is 386 g/mol. The summed E-state index contributed by atoms with van der Waals surface area (Å²) in [7, 11) is 0. The van der Waals surface area contributed by atoms with E-state index in [1.54, 1.807) is 33.7 Å². The molecule has 0 radical (unpaired) electrons. The van der Waals surface area contributed by atoms with Gasteiger partial charge in [0.2, 0.25) is 6.79 Å². The number of nitrogens with zero attached hydrogens (tertiary/aromatic N) is 2. The van der Waals surface area contributed by atoms with Crippen LogP contribution in [0.25, 0.3) is 10.2 Å². The van der Waals surface area contributed by atoms with Crippen LogP contribution < -0.4 is 15.0 Å². The third-order valence-corrected chi connectivity index (χ3v) is 6.52. The fraction of sp³-hybridized carbons (Fsp3) is 0.263. The smallest absolute Gasteiger partial charge is 0.263 e. The Balaban J connectivity index is 1.70. The second-order valence-electron chi connectivity index (χ2n) is 6.04. The first-order valence-corrected chi connectivity index (χ1v) is 10.0. The number of thiophene rings is 1. The van der Waals surface area contributed by atoms with Crippen molar-refractivity contribution in [2.75, 3.05) is 6.79 Å². The Kier molecular flexibility index (Phi) is 4.50. The molecule has 0 spiro atoms. The van der Waals surface area contributed by atoms with Gasteiger partial charge in [-0.25, -0.2) is 4.98 Å². The van der Waals surface area contributed by atoms with Crippen LogP contribution in [0.2, 0.25) is 0 Å². The first kappa shape index (κ1) is 17.2. The second-order valence-corrected chi connectivity index (χ2v) is 8.18. The minimum Gasteiger partial charge on any atom is -0.454 e. The molecule has 3 heterocycles. The van der Waals surface area contributed by atoms with E-state index in [0.29, 0.717) is 17.5 Å². The molecule has 0 saturated carbocycles. The number of fused-ring (bicyclic) bond motifs is 2. The van der Waals surface area contributed by atoms with Crippen molar-refractivity contribution in [2.45, 2.75) is 31.3 Å². The van der Waals surface area contributed by atoms with Crippen LogP contribution in [-0.2, 0) is 12.3 Å². The van der Waals surface area contributed by atoms with Crippen LogP contribution in [0.3, 0.4) is 0 Å². The van der Waals surface area contributed by atoms with Gasteiger partial charge < -0.3 is 9.47 Å². The first-order valence-electron chi connectivity index (χ1n) is 8.21. The van der Waals surface area contributed by atoms with Gasteiger partial charge in [0.15, 0.2) is 16.7 Å². The molecule has 7 heteroatoms. The van der Waals surface area contributed by atoms with E-state index < -0.39 is 0 Å². The van der Waals surface area contributed by atoms with Crippen LogP contribution in [0.15, 0.2) is 40.8 Å². The Morgan fingerprint density at radius 1 is 1.35 bits per heavy atom. The molecule has 1 aliphatic rings. The number of aryl methyl sites for hydroxylation is 2. The maximum atomic E-state index is 13.0. The maximum absolute atomic E-state index is 13.0. The van der Waals surface area contributed by atoms with Crippen molar-refractivity contribution in [3.05, 3.63) is 57.2 Å². The zero-order valence-electron chi connectivity index (χ0n) is 14.6. The molecular formula is C19H18N2O3S2. The van der Waals surface area contributed by atoms with Gasteiger partial charge in [-0.1, -0.05) is 23.9 Å². The monoisotopic (exact) mass is 386 g/mol. The summed E-state index contributed by atoms with van der Waals surface area (Å²) in [6.07, 6.45) is 1.73. The van der Waals surface area contributed by atoms with Crippen molar-refractivity contribution < 1.29 is 9.47 Å². The Labute approximate surface area is 159 Å². The molecule has 1 aliphatic heterocycles. The van der Waals surface area contributed by atoms with Crippen LogP contribution in [0, 0.1) is 13.8 Å². The van der Waals surface area contributed by atoms with E-state index in [1.165, 1.54) is 0 Å². The number of ether oxygens (including phenoxy) is 2. The summed E-state index contributed by atoms with van der Waals surface area (Å²) in [5, 5.41) is 1.43. The lowest BCUT2D eigenvalue weighted by Crippen LogP contribution is -2.22. The molecule has 0 N–H and O–H groups in total. The van der Waals surface area contributed by atoms with Crippen LogP contribution >= 0.6 is 23.1 Å². The molecule has 0 saturated heterocycles. The average Bonchev–Trinajstić information content (AvgIpc) is 3.20. The van der Waals surface area contributed by atoms with Gasteiger partial charge in [0, 0.05) is 17.2 Å². The normalized spacial score (nSPS) is 12.7. The molecule has 0 amide bonds. The van der Waals surface area contributed by atoms with Gasteiger partial charge >= 0.3 is 0 Å². The molecule has 1 aromatic carbocycles. The van der Waals surface area contributed by atoms with Crippen LogP contribution in [0.5, 0.6) is 11.5 Å². The van der Waals surface area contributed by atoms with Crippen LogP contribution in [-0.4, -0.2) is 16.3 Å². The predicted octanol–water partition coefficient (Wildman–Crippen LogP) is 4.28. The fourth-order valence-electron chi connectivity index (χ4n) is 2.89. The molecule has 2 aromatic heterocycles. The molecule has 0 unspecified atom stereocenters. The van der Waals surface area contributed by atoms with Gasteiger partial charge in [0.25, 0.3) is 5.56 Å². The highest BCUT2D eigenvalue weighted by molar-refractivity contribution is 7.98. The lowest BCUT2D eigenvalue weighted by atomic mass is 10.2. The highest BCUT2D eigenvalue weighted by Gasteiger charge is 2.17. The minimum absolute atomic E-state index is 0.00457. The molecule has 4 rings (SSSR count). The standard InChI is InChI=1S/C19H18N2O3S2/c1-4-7-21-18(22)16-11(2)12(3)26-17(16)20-19(21)25-9-13-5-6-14-15(8-13)24-10-23-14/h4-6,8H,1,7,9-10H2,2-3H3. The summed E-state index contributed by atoms with van der Waals surface area (Å²) in [6.45, 7) is 8.49. The predicted molar refractivity (Wildman–Crippen MR) is 106 cm³/mol. The number of hydrogen-bond acceptors (Lipinski definition) is 6. The van der Waals surface area contributed by atoms with Gasteiger partial charge in [-0.3, -0.25) is 9.36 Å². The summed E-state index contributed by atoms with van der Waals surface area (Å²) in [6, 6.07) is 5.90. The number of allylic oxidation sites excluding steroid dienone is 1. The number of thioether (sulfide) groups is 1. The quantitative estimate of drug-likeness (QED) is 0.372. The fourth-order valence-corrected chi connectivity index (χ4v) is 4.91. The Hall–Kier alpha value is -2.25. The summed E-state index contributed by atoms with van der Waals surface area (Å²) in [4.78, 5) is 19.7. The molecule has 5 nitrogen and oxygen atoms in total. The number of benzene rings is 1. The second kappa shape index (κ2) is 6.81. The van der Waals surface area contributed by atoms with E-state index in [9.17, 15) is 4.79 Å². The molecule has 0 atom stereocenters. The van der Waals surface area contributed by atoms with Gasteiger partial charge in [0.05, 0.1) is 5.39 Å². The van der Waals surface area contributed by atoms with Gasteiger partial charge in [0.1, 0.15) is 4.83 Å². The van der Waals surface area contributed by atoms with E-state index in [1.807, 2.05) is 32.0 Å². The maximum Gasteiger partial charge on any atom is 0.263 e. The number of rotatable bonds is 5. The van der Waals surface area contributed by atoms with Crippen molar-refractivity contribution in [3.8, 4) is 11.5 Å². The SMILES string of the molecule is C=CCn1c(SCc2ccc3c(c2)OCO3)nc2sc(C)c(C)c2c1=O. The molecular weight excluding hydrogens is 368 g/mol. The van der Waals surface area contributed by atoms with Crippen molar-refractivity contribution in [1.82, 2.24) is 9.55 Å². The summed E-state index contributed by atoms with van der Waals surface area (Å²) >= 11 is 3.12. The van der Waals surface area contributed by atoms with E-state index >= 15 is 0 Å². The number of aromatic nitrogens is 2. The van der Waals surface area contributed by atoms with E-state index in [0.717, 1.165) is 37.7 Å². The van der Waals surface area contributed by atoms with Crippen molar-refractivity contribution >= 4 is 33.3 Å². The highest BCUT2D eigenvalue weighted by atomic mass is 32.2. The van der Waals surface area contributed by atoms with Crippen molar-refractivity contribution in [3.63, 3.8) is 0 Å². The largest absolute Gasteiger partial charge is 0.454 e. The molecule has 0 aliphatic carbocycles.